The average molecular weight is 334 g/mol. The molecule has 0 spiro atoms. The van der Waals surface area contributed by atoms with Crippen molar-refractivity contribution in [1.82, 2.24) is 15.2 Å². The SMILES string of the molecule is C[C@H]1CN(Cc2ccc(OCc3ccncc3)cc2)CCN1.Cl. The monoisotopic (exact) mass is 333 g/mol. The predicted octanol–water partition coefficient (Wildman–Crippen LogP) is 2.88. The molecule has 0 amide bonds. The van der Waals surface area contributed by atoms with Crippen molar-refractivity contribution >= 4 is 12.4 Å². The smallest absolute Gasteiger partial charge is 0.119 e. The van der Waals surface area contributed by atoms with Crippen molar-refractivity contribution in [3.63, 3.8) is 0 Å². The van der Waals surface area contributed by atoms with Crippen molar-refractivity contribution in [3.8, 4) is 5.75 Å². The fourth-order valence-corrected chi connectivity index (χ4v) is 2.75. The molecule has 1 N–H and O–H groups in total. The van der Waals surface area contributed by atoms with E-state index in [2.05, 4.69) is 46.4 Å². The summed E-state index contributed by atoms with van der Waals surface area (Å²) in [4.78, 5) is 6.50. The Balaban J connectivity index is 0.00000192. The summed E-state index contributed by atoms with van der Waals surface area (Å²) in [5.74, 6) is 0.911. The summed E-state index contributed by atoms with van der Waals surface area (Å²) in [5.41, 5.74) is 2.47. The van der Waals surface area contributed by atoms with E-state index in [0.717, 1.165) is 37.5 Å². The van der Waals surface area contributed by atoms with E-state index < -0.39 is 0 Å². The molecule has 2 heterocycles. The number of piperazine rings is 1. The molecule has 124 valence electrons. The molecule has 0 bridgehead atoms. The molecule has 0 unspecified atom stereocenters. The van der Waals surface area contributed by atoms with Gasteiger partial charge in [-0.1, -0.05) is 12.1 Å². The third-order valence-corrected chi connectivity index (χ3v) is 3.94. The molecule has 23 heavy (non-hydrogen) atoms. The zero-order valence-electron chi connectivity index (χ0n) is 13.4. The van der Waals surface area contributed by atoms with Gasteiger partial charge in [-0.05, 0) is 42.3 Å². The van der Waals surface area contributed by atoms with E-state index in [1.54, 1.807) is 12.4 Å². The lowest BCUT2D eigenvalue weighted by atomic mass is 10.1. The van der Waals surface area contributed by atoms with Crippen molar-refractivity contribution in [1.29, 1.82) is 0 Å². The van der Waals surface area contributed by atoms with Crippen molar-refractivity contribution in [2.24, 2.45) is 0 Å². The van der Waals surface area contributed by atoms with Gasteiger partial charge in [-0.3, -0.25) is 9.88 Å². The molecule has 5 heteroatoms. The fraction of sp³-hybridized carbons (Fsp3) is 0.389. The molecule has 2 aromatic rings. The van der Waals surface area contributed by atoms with E-state index in [1.807, 2.05) is 12.1 Å². The van der Waals surface area contributed by atoms with Crippen LogP contribution in [0, 0.1) is 0 Å². The van der Waals surface area contributed by atoms with E-state index in [9.17, 15) is 0 Å². The van der Waals surface area contributed by atoms with Gasteiger partial charge < -0.3 is 10.1 Å². The van der Waals surface area contributed by atoms with Gasteiger partial charge in [0, 0.05) is 44.6 Å². The number of nitrogens with one attached hydrogen (secondary N) is 1. The van der Waals surface area contributed by atoms with E-state index in [0.29, 0.717) is 12.6 Å². The Bertz CT molecular complexity index is 577. The second-order valence-corrected chi connectivity index (χ2v) is 5.88. The summed E-state index contributed by atoms with van der Waals surface area (Å²) >= 11 is 0. The molecular formula is C18H24ClN3O. The summed E-state index contributed by atoms with van der Waals surface area (Å²) in [6, 6.07) is 13.0. The van der Waals surface area contributed by atoms with Gasteiger partial charge in [-0.25, -0.2) is 0 Å². The van der Waals surface area contributed by atoms with Crippen LogP contribution in [-0.4, -0.2) is 35.6 Å². The number of aromatic nitrogens is 1. The van der Waals surface area contributed by atoms with Crippen LogP contribution in [0.4, 0.5) is 0 Å². The molecule has 1 aromatic heterocycles. The molecule has 1 saturated heterocycles. The van der Waals surface area contributed by atoms with E-state index in [1.165, 1.54) is 5.56 Å². The van der Waals surface area contributed by atoms with Gasteiger partial charge in [-0.2, -0.15) is 0 Å². The highest BCUT2D eigenvalue weighted by Gasteiger charge is 2.15. The lowest BCUT2D eigenvalue weighted by molar-refractivity contribution is 0.199. The van der Waals surface area contributed by atoms with Gasteiger partial charge in [-0.15, -0.1) is 12.4 Å². The predicted molar refractivity (Wildman–Crippen MR) is 95.0 cm³/mol. The molecule has 0 aliphatic carbocycles. The zero-order chi connectivity index (χ0) is 15.2. The van der Waals surface area contributed by atoms with Crippen LogP contribution in [0.25, 0.3) is 0 Å². The first-order valence-corrected chi connectivity index (χ1v) is 7.86. The number of rotatable bonds is 5. The van der Waals surface area contributed by atoms with Crippen LogP contribution in [0.2, 0.25) is 0 Å². The molecule has 3 rings (SSSR count). The van der Waals surface area contributed by atoms with Gasteiger partial charge in [0.15, 0.2) is 0 Å². The highest BCUT2D eigenvalue weighted by molar-refractivity contribution is 5.85. The van der Waals surface area contributed by atoms with Gasteiger partial charge in [0.1, 0.15) is 12.4 Å². The highest BCUT2D eigenvalue weighted by atomic mass is 35.5. The molecule has 4 nitrogen and oxygen atoms in total. The minimum Gasteiger partial charge on any atom is -0.489 e. The van der Waals surface area contributed by atoms with Crippen molar-refractivity contribution in [2.75, 3.05) is 19.6 Å². The normalized spacial score (nSPS) is 18.2. The number of nitrogens with zero attached hydrogens (tertiary/aromatic N) is 2. The topological polar surface area (TPSA) is 37.4 Å². The zero-order valence-corrected chi connectivity index (χ0v) is 14.3. The van der Waals surface area contributed by atoms with Gasteiger partial charge in [0.05, 0.1) is 0 Å². The van der Waals surface area contributed by atoms with Crippen molar-refractivity contribution in [2.45, 2.75) is 26.1 Å². The molecule has 1 aliphatic heterocycles. The lowest BCUT2D eigenvalue weighted by Crippen LogP contribution is -2.48. The Hall–Kier alpha value is -1.62. The maximum absolute atomic E-state index is 5.80. The van der Waals surface area contributed by atoms with Gasteiger partial charge in [0.2, 0.25) is 0 Å². The average Bonchev–Trinajstić information content (AvgIpc) is 2.55. The number of hydrogen-bond acceptors (Lipinski definition) is 4. The standard InChI is InChI=1S/C18H23N3O.ClH/c1-15-12-21(11-10-20-15)13-16-2-4-18(5-3-16)22-14-17-6-8-19-9-7-17;/h2-9,15,20H,10-14H2,1H3;1H/t15-;/m0./s1. The largest absolute Gasteiger partial charge is 0.489 e. The van der Waals surface area contributed by atoms with Gasteiger partial charge >= 0.3 is 0 Å². The Kier molecular flexibility index (Phi) is 6.84. The van der Waals surface area contributed by atoms with E-state index in [-0.39, 0.29) is 12.4 Å². The third kappa shape index (κ3) is 5.50. The molecular weight excluding hydrogens is 310 g/mol. The molecule has 1 aliphatic rings. The molecule has 0 radical (unpaired) electrons. The quantitative estimate of drug-likeness (QED) is 0.913. The molecule has 1 aromatic carbocycles. The number of halogens is 1. The Morgan fingerprint density at radius 2 is 1.87 bits per heavy atom. The third-order valence-electron chi connectivity index (χ3n) is 3.94. The minimum absolute atomic E-state index is 0. The summed E-state index contributed by atoms with van der Waals surface area (Å²) in [6.45, 7) is 7.13. The first-order chi connectivity index (χ1) is 10.8. The number of benzene rings is 1. The Labute approximate surface area is 144 Å². The first kappa shape index (κ1) is 17.7. The summed E-state index contributed by atoms with van der Waals surface area (Å²) in [7, 11) is 0. The summed E-state index contributed by atoms with van der Waals surface area (Å²) in [5, 5.41) is 3.47. The highest BCUT2D eigenvalue weighted by Crippen LogP contribution is 2.16. The Morgan fingerprint density at radius 1 is 1.13 bits per heavy atom. The van der Waals surface area contributed by atoms with Crippen molar-refractivity contribution < 1.29 is 4.74 Å². The summed E-state index contributed by atoms with van der Waals surface area (Å²) < 4.78 is 5.80. The van der Waals surface area contributed by atoms with Gasteiger partial charge in [0.25, 0.3) is 0 Å². The van der Waals surface area contributed by atoms with Crippen LogP contribution in [0.5, 0.6) is 5.75 Å². The number of pyridine rings is 1. The van der Waals surface area contributed by atoms with Crippen LogP contribution < -0.4 is 10.1 Å². The van der Waals surface area contributed by atoms with Crippen LogP contribution in [0.3, 0.4) is 0 Å². The minimum atomic E-state index is 0. The molecule has 1 fully saturated rings. The van der Waals surface area contributed by atoms with Crippen molar-refractivity contribution in [3.05, 3.63) is 59.9 Å². The van der Waals surface area contributed by atoms with Crippen LogP contribution in [0.1, 0.15) is 18.1 Å². The second-order valence-electron chi connectivity index (χ2n) is 5.88. The summed E-state index contributed by atoms with van der Waals surface area (Å²) in [6.07, 6.45) is 3.58. The maximum Gasteiger partial charge on any atom is 0.119 e. The molecule has 1 atom stereocenters. The maximum atomic E-state index is 5.80. The lowest BCUT2D eigenvalue weighted by Gasteiger charge is -2.31. The van der Waals surface area contributed by atoms with Crippen LogP contribution >= 0.6 is 12.4 Å². The Morgan fingerprint density at radius 3 is 2.57 bits per heavy atom. The number of ether oxygens (including phenoxy) is 1. The van der Waals surface area contributed by atoms with E-state index in [4.69, 9.17) is 4.74 Å². The van der Waals surface area contributed by atoms with Crippen LogP contribution in [0.15, 0.2) is 48.8 Å². The van der Waals surface area contributed by atoms with E-state index >= 15 is 0 Å². The second kappa shape index (κ2) is 8.87. The first-order valence-electron chi connectivity index (χ1n) is 7.86. The van der Waals surface area contributed by atoms with Crippen LogP contribution in [-0.2, 0) is 13.2 Å². The molecule has 0 saturated carbocycles. The number of hydrogen-bond donors (Lipinski definition) is 1. The fourth-order valence-electron chi connectivity index (χ4n) is 2.75.